The van der Waals surface area contributed by atoms with Gasteiger partial charge in [0.05, 0.1) is 5.60 Å². The minimum absolute atomic E-state index is 0.130. The van der Waals surface area contributed by atoms with Crippen LogP contribution in [0, 0.1) is 0 Å². The van der Waals surface area contributed by atoms with Gasteiger partial charge in [0.25, 0.3) is 0 Å². The zero-order valence-corrected chi connectivity index (χ0v) is 12.3. The number of benzene rings is 1. The number of aliphatic hydroxyl groups is 1. The van der Waals surface area contributed by atoms with Gasteiger partial charge >= 0.3 is 0 Å². The smallest absolute Gasteiger partial charge is 0.222 e. The van der Waals surface area contributed by atoms with Crippen molar-refractivity contribution in [2.24, 2.45) is 0 Å². The number of carbonyl (C=O) groups excluding carboxylic acids is 1. The molecule has 0 aromatic heterocycles. The normalized spacial score (nSPS) is 29.0. The number of rotatable bonds is 3. The van der Waals surface area contributed by atoms with Crippen LogP contribution in [0.1, 0.15) is 31.2 Å². The van der Waals surface area contributed by atoms with E-state index in [1.807, 2.05) is 30.3 Å². The van der Waals surface area contributed by atoms with Crippen LogP contribution >= 0.6 is 0 Å². The molecule has 1 aromatic carbocycles. The van der Waals surface area contributed by atoms with Gasteiger partial charge in [-0.3, -0.25) is 4.79 Å². The molecular weight excluding hydrogens is 266 g/mol. The first kappa shape index (κ1) is 14.5. The fraction of sp³-hybridized carbons (Fsp3) is 0.588. The maximum absolute atomic E-state index is 12.3. The fourth-order valence-electron chi connectivity index (χ4n) is 3.42. The highest BCUT2D eigenvalue weighted by Gasteiger charge is 2.46. The molecule has 1 aromatic rings. The molecule has 2 heterocycles. The zero-order valence-electron chi connectivity index (χ0n) is 12.3. The second-order valence-corrected chi connectivity index (χ2v) is 6.11. The van der Waals surface area contributed by atoms with Crippen LogP contribution in [0.25, 0.3) is 0 Å². The molecule has 2 saturated heterocycles. The van der Waals surface area contributed by atoms with E-state index in [-0.39, 0.29) is 11.5 Å². The van der Waals surface area contributed by atoms with Crippen molar-refractivity contribution in [3.05, 3.63) is 35.9 Å². The van der Waals surface area contributed by atoms with E-state index in [1.54, 1.807) is 4.90 Å². The fourth-order valence-corrected chi connectivity index (χ4v) is 3.42. The van der Waals surface area contributed by atoms with Crippen LogP contribution in [-0.4, -0.2) is 47.3 Å². The number of piperidine rings is 1. The third-order valence-corrected chi connectivity index (χ3v) is 4.76. The van der Waals surface area contributed by atoms with Crippen LogP contribution in [0.4, 0.5) is 0 Å². The molecule has 0 aliphatic carbocycles. The van der Waals surface area contributed by atoms with E-state index in [2.05, 4.69) is 0 Å². The number of hydrogen-bond donors (Lipinski definition) is 1. The number of ether oxygens (including phenoxy) is 1. The van der Waals surface area contributed by atoms with E-state index in [0.717, 1.165) is 32.3 Å². The molecule has 0 radical (unpaired) electrons. The maximum atomic E-state index is 12.3. The SMILES string of the molecule is O=C(CCc1ccccc1)N1CC[C@@]2(CCCO2)[C@@H](O)C1. The number of hydrogen-bond acceptors (Lipinski definition) is 3. The number of nitrogens with zero attached hydrogens (tertiary/aromatic N) is 1. The third-order valence-electron chi connectivity index (χ3n) is 4.76. The molecule has 1 amide bonds. The van der Waals surface area contributed by atoms with Crippen molar-refractivity contribution in [1.29, 1.82) is 0 Å². The number of likely N-dealkylation sites (tertiary alicyclic amines) is 1. The van der Waals surface area contributed by atoms with Gasteiger partial charge in [0.15, 0.2) is 0 Å². The molecule has 4 heteroatoms. The van der Waals surface area contributed by atoms with Gasteiger partial charge < -0.3 is 14.7 Å². The van der Waals surface area contributed by atoms with Crippen LogP contribution in [0.15, 0.2) is 30.3 Å². The number of carbonyl (C=O) groups is 1. The van der Waals surface area contributed by atoms with Crippen molar-refractivity contribution in [1.82, 2.24) is 4.90 Å². The molecule has 4 nitrogen and oxygen atoms in total. The minimum Gasteiger partial charge on any atom is -0.388 e. The van der Waals surface area contributed by atoms with E-state index in [1.165, 1.54) is 5.56 Å². The average Bonchev–Trinajstić information content (AvgIpc) is 2.99. The highest BCUT2D eigenvalue weighted by atomic mass is 16.5. The number of amides is 1. The molecule has 2 fully saturated rings. The Hall–Kier alpha value is -1.39. The second kappa shape index (κ2) is 6.16. The summed E-state index contributed by atoms with van der Waals surface area (Å²) in [6.07, 6.45) is 3.40. The molecule has 21 heavy (non-hydrogen) atoms. The molecule has 1 N–H and O–H groups in total. The highest BCUT2D eigenvalue weighted by molar-refractivity contribution is 5.76. The summed E-state index contributed by atoms with van der Waals surface area (Å²) in [4.78, 5) is 14.1. The Morgan fingerprint density at radius 1 is 1.33 bits per heavy atom. The van der Waals surface area contributed by atoms with Gasteiger partial charge in [-0.05, 0) is 31.2 Å². The largest absolute Gasteiger partial charge is 0.388 e. The summed E-state index contributed by atoms with van der Waals surface area (Å²) in [5.41, 5.74) is 0.801. The molecule has 0 bridgehead atoms. The summed E-state index contributed by atoms with van der Waals surface area (Å²) in [6, 6.07) is 10.0. The summed E-state index contributed by atoms with van der Waals surface area (Å²) < 4.78 is 5.76. The summed E-state index contributed by atoms with van der Waals surface area (Å²) >= 11 is 0. The first-order valence-electron chi connectivity index (χ1n) is 7.83. The lowest BCUT2D eigenvalue weighted by atomic mass is 9.86. The minimum atomic E-state index is -0.547. The summed E-state index contributed by atoms with van der Waals surface area (Å²) in [6.45, 7) is 1.84. The Morgan fingerprint density at radius 2 is 2.14 bits per heavy atom. The van der Waals surface area contributed by atoms with Crippen molar-refractivity contribution in [2.75, 3.05) is 19.7 Å². The molecule has 114 valence electrons. The van der Waals surface area contributed by atoms with Gasteiger partial charge in [0.1, 0.15) is 6.10 Å². The number of aryl methyl sites for hydroxylation is 1. The molecular formula is C17H23NO3. The summed E-state index contributed by atoms with van der Waals surface area (Å²) in [5, 5.41) is 10.3. The average molecular weight is 289 g/mol. The number of aliphatic hydroxyl groups excluding tert-OH is 1. The molecule has 1 spiro atoms. The molecule has 2 aliphatic rings. The Morgan fingerprint density at radius 3 is 2.81 bits per heavy atom. The lowest BCUT2D eigenvalue weighted by Gasteiger charge is -2.42. The van der Waals surface area contributed by atoms with Gasteiger partial charge in [-0.2, -0.15) is 0 Å². The van der Waals surface area contributed by atoms with Gasteiger partial charge in [-0.1, -0.05) is 30.3 Å². The summed E-state index contributed by atoms with van der Waals surface area (Å²) in [5.74, 6) is 0.130. The first-order valence-corrected chi connectivity index (χ1v) is 7.83. The van der Waals surface area contributed by atoms with Crippen molar-refractivity contribution in [3.63, 3.8) is 0 Å². The van der Waals surface area contributed by atoms with E-state index in [9.17, 15) is 9.90 Å². The van der Waals surface area contributed by atoms with E-state index in [0.29, 0.717) is 19.5 Å². The monoisotopic (exact) mass is 289 g/mol. The summed E-state index contributed by atoms with van der Waals surface area (Å²) in [7, 11) is 0. The van der Waals surface area contributed by atoms with Crippen LogP contribution in [0.3, 0.4) is 0 Å². The van der Waals surface area contributed by atoms with Crippen molar-refractivity contribution < 1.29 is 14.6 Å². The van der Waals surface area contributed by atoms with Gasteiger partial charge in [-0.25, -0.2) is 0 Å². The molecule has 3 rings (SSSR count). The number of β-amino-alcohol motifs (C(OH)–C–C–N with tert-alkyl or cyclic N) is 1. The standard InChI is InChI=1S/C17H23NO3/c19-15-13-18(11-10-17(15)9-4-12-21-17)16(20)8-7-14-5-2-1-3-6-14/h1-3,5-6,15,19H,4,7-13H2/t15-,17-/m0/s1. The van der Waals surface area contributed by atoms with E-state index in [4.69, 9.17) is 4.74 Å². The van der Waals surface area contributed by atoms with Crippen LogP contribution in [0.2, 0.25) is 0 Å². The predicted octanol–water partition coefficient (Wildman–Crippen LogP) is 1.76. The van der Waals surface area contributed by atoms with E-state index >= 15 is 0 Å². The molecule has 0 unspecified atom stereocenters. The van der Waals surface area contributed by atoms with Crippen molar-refractivity contribution in [3.8, 4) is 0 Å². The highest BCUT2D eigenvalue weighted by Crippen LogP contribution is 2.36. The quantitative estimate of drug-likeness (QED) is 0.922. The van der Waals surface area contributed by atoms with Crippen molar-refractivity contribution >= 4 is 5.91 Å². The van der Waals surface area contributed by atoms with Gasteiger partial charge in [-0.15, -0.1) is 0 Å². The maximum Gasteiger partial charge on any atom is 0.222 e. The van der Waals surface area contributed by atoms with Gasteiger partial charge in [0, 0.05) is 26.1 Å². The van der Waals surface area contributed by atoms with Crippen molar-refractivity contribution in [2.45, 2.75) is 43.8 Å². The Balaban J connectivity index is 1.52. The van der Waals surface area contributed by atoms with Crippen LogP contribution in [0.5, 0.6) is 0 Å². The third kappa shape index (κ3) is 3.11. The Bertz CT molecular complexity index is 482. The second-order valence-electron chi connectivity index (χ2n) is 6.11. The lowest BCUT2D eigenvalue weighted by molar-refractivity contribution is -0.152. The molecule has 2 aliphatic heterocycles. The first-order chi connectivity index (χ1) is 10.2. The Labute approximate surface area is 125 Å². The van der Waals surface area contributed by atoms with Gasteiger partial charge in [0.2, 0.25) is 5.91 Å². The van der Waals surface area contributed by atoms with Crippen LogP contribution < -0.4 is 0 Å². The molecule has 0 saturated carbocycles. The molecule has 2 atom stereocenters. The Kier molecular flexibility index (Phi) is 4.27. The topological polar surface area (TPSA) is 49.8 Å². The van der Waals surface area contributed by atoms with E-state index < -0.39 is 6.10 Å². The van der Waals surface area contributed by atoms with Crippen LogP contribution in [-0.2, 0) is 16.0 Å². The predicted molar refractivity (Wildman–Crippen MR) is 79.9 cm³/mol. The zero-order chi connectivity index (χ0) is 14.7. The lowest BCUT2D eigenvalue weighted by Crippen LogP contribution is -2.56.